The normalized spacial score (nSPS) is 11.0. The smallest absolute Gasteiger partial charge is 0.259 e. The summed E-state index contributed by atoms with van der Waals surface area (Å²) in [5.41, 5.74) is 4.16. The summed E-state index contributed by atoms with van der Waals surface area (Å²) in [6.07, 6.45) is 5.97. The number of aromatic nitrogens is 4. The molecule has 0 saturated carbocycles. The molecule has 3 aromatic heterocycles. The van der Waals surface area contributed by atoms with Crippen molar-refractivity contribution in [3.05, 3.63) is 108 Å². The average Bonchev–Trinajstić information content (AvgIpc) is 3.47. The van der Waals surface area contributed by atoms with Crippen LogP contribution in [-0.2, 0) is 13.0 Å². The molecule has 0 fully saturated rings. The number of benzene rings is 2. The van der Waals surface area contributed by atoms with Gasteiger partial charge in [-0.1, -0.05) is 19.1 Å². The van der Waals surface area contributed by atoms with Crippen molar-refractivity contribution in [3.63, 3.8) is 0 Å². The zero-order valence-electron chi connectivity index (χ0n) is 18.5. The second kappa shape index (κ2) is 9.19. The minimum Gasteiger partial charge on any atom is -0.487 e. The van der Waals surface area contributed by atoms with Gasteiger partial charge in [-0.25, -0.2) is 14.1 Å². The number of halogens is 1. The highest BCUT2D eigenvalue weighted by Gasteiger charge is 2.17. The van der Waals surface area contributed by atoms with E-state index in [2.05, 4.69) is 15.4 Å². The Morgan fingerprint density at radius 2 is 1.94 bits per heavy atom. The Hall–Kier alpha value is -4.46. The maximum absolute atomic E-state index is 13.3. The summed E-state index contributed by atoms with van der Waals surface area (Å²) in [5, 5.41) is 7.26. The molecule has 3 heterocycles. The van der Waals surface area contributed by atoms with E-state index in [1.807, 2.05) is 54.0 Å². The van der Waals surface area contributed by atoms with E-state index >= 15 is 0 Å². The summed E-state index contributed by atoms with van der Waals surface area (Å²) in [6.45, 7) is 2.26. The van der Waals surface area contributed by atoms with E-state index in [4.69, 9.17) is 4.74 Å². The SMILES string of the molecule is CCc1c(C(=O)Nc2cccc(OCc3cn4ccccc4n3)c2)cnn1-c1ccc(F)cc1. The lowest BCUT2D eigenvalue weighted by molar-refractivity contribution is 0.102. The van der Waals surface area contributed by atoms with Crippen molar-refractivity contribution in [1.82, 2.24) is 19.2 Å². The second-order valence-electron chi connectivity index (χ2n) is 7.72. The van der Waals surface area contributed by atoms with Gasteiger partial charge in [0, 0.05) is 24.1 Å². The van der Waals surface area contributed by atoms with Gasteiger partial charge in [0.05, 0.1) is 28.8 Å². The fraction of sp³-hybridized carbons (Fsp3) is 0.115. The molecule has 34 heavy (non-hydrogen) atoms. The Morgan fingerprint density at radius 3 is 2.74 bits per heavy atom. The Kier molecular flexibility index (Phi) is 5.78. The number of fused-ring (bicyclic) bond motifs is 1. The quantitative estimate of drug-likeness (QED) is 0.373. The largest absolute Gasteiger partial charge is 0.487 e. The zero-order valence-corrected chi connectivity index (χ0v) is 18.5. The van der Waals surface area contributed by atoms with Crippen molar-refractivity contribution >= 4 is 17.2 Å². The zero-order chi connectivity index (χ0) is 23.5. The maximum Gasteiger partial charge on any atom is 0.259 e. The highest BCUT2D eigenvalue weighted by molar-refractivity contribution is 6.05. The van der Waals surface area contributed by atoms with E-state index in [0.717, 1.165) is 17.0 Å². The molecule has 0 bridgehead atoms. The number of ether oxygens (including phenoxy) is 1. The Balaban J connectivity index is 1.29. The molecule has 0 aliphatic heterocycles. The standard InChI is InChI=1S/C26H22FN5O2/c1-2-24-23(15-28-32(24)21-11-9-18(27)10-12-21)26(33)30-19-6-5-7-22(14-19)34-17-20-16-31-13-4-3-8-25(31)29-20/h3-16H,2,17H2,1H3,(H,30,33). The summed E-state index contributed by atoms with van der Waals surface area (Å²) in [6, 6.07) is 19.0. The summed E-state index contributed by atoms with van der Waals surface area (Å²) < 4.78 is 22.8. The number of rotatable bonds is 7. The Morgan fingerprint density at radius 1 is 1.09 bits per heavy atom. The number of anilines is 1. The third-order valence-corrected chi connectivity index (χ3v) is 5.41. The number of carbonyl (C=O) groups is 1. The number of hydrogen-bond acceptors (Lipinski definition) is 4. The molecule has 8 heteroatoms. The van der Waals surface area contributed by atoms with Crippen molar-refractivity contribution in [1.29, 1.82) is 0 Å². The van der Waals surface area contributed by atoms with Gasteiger partial charge in [-0.15, -0.1) is 0 Å². The molecule has 0 radical (unpaired) electrons. The van der Waals surface area contributed by atoms with Crippen molar-refractivity contribution < 1.29 is 13.9 Å². The molecule has 5 aromatic rings. The molecule has 0 aliphatic carbocycles. The van der Waals surface area contributed by atoms with E-state index in [0.29, 0.717) is 35.7 Å². The first-order valence-electron chi connectivity index (χ1n) is 10.9. The van der Waals surface area contributed by atoms with Gasteiger partial charge >= 0.3 is 0 Å². The monoisotopic (exact) mass is 455 g/mol. The molecular weight excluding hydrogens is 433 g/mol. The average molecular weight is 455 g/mol. The summed E-state index contributed by atoms with van der Waals surface area (Å²) in [5.74, 6) is 0.0190. The number of nitrogens with zero attached hydrogens (tertiary/aromatic N) is 4. The Labute approximate surface area is 195 Å². The molecular formula is C26H22FN5O2. The maximum atomic E-state index is 13.3. The van der Waals surface area contributed by atoms with Crippen molar-refractivity contribution in [3.8, 4) is 11.4 Å². The summed E-state index contributed by atoms with van der Waals surface area (Å²) >= 11 is 0. The lowest BCUT2D eigenvalue weighted by atomic mass is 10.1. The molecule has 7 nitrogen and oxygen atoms in total. The predicted molar refractivity (Wildman–Crippen MR) is 127 cm³/mol. The van der Waals surface area contributed by atoms with E-state index in [1.165, 1.54) is 18.3 Å². The van der Waals surface area contributed by atoms with Crippen molar-refractivity contribution in [2.75, 3.05) is 5.32 Å². The minimum absolute atomic E-state index is 0.275. The fourth-order valence-electron chi connectivity index (χ4n) is 3.78. The van der Waals surface area contributed by atoms with Crippen LogP contribution in [0.5, 0.6) is 5.75 Å². The van der Waals surface area contributed by atoms with Crippen LogP contribution in [0.1, 0.15) is 28.7 Å². The molecule has 5 rings (SSSR count). The van der Waals surface area contributed by atoms with Crippen LogP contribution in [0, 0.1) is 5.82 Å². The third kappa shape index (κ3) is 4.38. The van der Waals surface area contributed by atoms with Crippen LogP contribution in [0.25, 0.3) is 11.3 Å². The molecule has 0 aliphatic rings. The van der Waals surface area contributed by atoms with E-state index in [9.17, 15) is 9.18 Å². The van der Waals surface area contributed by atoms with Gasteiger partial charge in [-0.05, 0) is 55.0 Å². The van der Waals surface area contributed by atoms with Crippen molar-refractivity contribution in [2.45, 2.75) is 20.0 Å². The fourth-order valence-corrected chi connectivity index (χ4v) is 3.78. The van der Waals surface area contributed by atoms with Crippen LogP contribution in [-0.4, -0.2) is 25.1 Å². The number of hydrogen-bond donors (Lipinski definition) is 1. The lowest BCUT2D eigenvalue weighted by Gasteiger charge is -2.10. The third-order valence-electron chi connectivity index (χ3n) is 5.41. The summed E-state index contributed by atoms with van der Waals surface area (Å²) in [7, 11) is 0. The van der Waals surface area contributed by atoms with Crippen LogP contribution in [0.3, 0.4) is 0 Å². The topological polar surface area (TPSA) is 73.4 Å². The molecule has 0 unspecified atom stereocenters. The van der Waals surface area contributed by atoms with Crippen LogP contribution in [0.15, 0.2) is 85.3 Å². The molecule has 0 spiro atoms. The number of nitrogens with one attached hydrogen (secondary N) is 1. The van der Waals surface area contributed by atoms with E-state index < -0.39 is 0 Å². The molecule has 1 amide bonds. The minimum atomic E-state index is -0.324. The molecule has 0 atom stereocenters. The molecule has 1 N–H and O–H groups in total. The first-order valence-corrected chi connectivity index (χ1v) is 10.9. The number of carbonyl (C=O) groups excluding carboxylic acids is 1. The molecule has 2 aromatic carbocycles. The van der Waals surface area contributed by atoms with Crippen LogP contribution in [0.4, 0.5) is 10.1 Å². The summed E-state index contributed by atoms with van der Waals surface area (Å²) in [4.78, 5) is 17.5. The van der Waals surface area contributed by atoms with Gasteiger partial charge in [0.1, 0.15) is 23.8 Å². The molecule has 170 valence electrons. The number of imidazole rings is 1. The van der Waals surface area contributed by atoms with Crippen LogP contribution >= 0.6 is 0 Å². The highest BCUT2D eigenvalue weighted by atomic mass is 19.1. The lowest BCUT2D eigenvalue weighted by Crippen LogP contribution is -2.14. The van der Waals surface area contributed by atoms with E-state index in [-0.39, 0.29) is 11.7 Å². The first kappa shape index (κ1) is 21.4. The van der Waals surface area contributed by atoms with Gasteiger partial charge in [0.15, 0.2) is 0 Å². The van der Waals surface area contributed by atoms with Gasteiger partial charge in [0.25, 0.3) is 5.91 Å². The number of pyridine rings is 1. The Bertz CT molecular complexity index is 1420. The van der Waals surface area contributed by atoms with Gasteiger partial charge in [0.2, 0.25) is 0 Å². The predicted octanol–water partition coefficient (Wildman–Crippen LogP) is 5.05. The first-order chi connectivity index (χ1) is 16.6. The van der Waals surface area contributed by atoms with Gasteiger partial charge < -0.3 is 14.5 Å². The van der Waals surface area contributed by atoms with Gasteiger partial charge in [-0.2, -0.15) is 5.10 Å². The van der Waals surface area contributed by atoms with Gasteiger partial charge in [-0.3, -0.25) is 4.79 Å². The van der Waals surface area contributed by atoms with Crippen LogP contribution in [0.2, 0.25) is 0 Å². The second-order valence-corrected chi connectivity index (χ2v) is 7.72. The van der Waals surface area contributed by atoms with Crippen LogP contribution < -0.4 is 10.1 Å². The van der Waals surface area contributed by atoms with E-state index in [1.54, 1.807) is 28.9 Å². The number of amides is 1. The molecule has 0 saturated heterocycles. The van der Waals surface area contributed by atoms with Crippen molar-refractivity contribution in [2.24, 2.45) is 0 Å². The highest BCUT2D eigenvalue weighted by Crippen LogP contribution is 2.21.